The molecule has 1 saturated heterocycles. The van der Waals surface area contributed by atoms with Gasteiger partial charge in [0.15, 0.2) is 0 Å². The fourth-order valence-corrected chi connectivity index (χ4v) is 3.75. The fourth-order valence-electron chi connectivity index (χ4n) is 2.73. The maximum absolute atomic E-state index is 11.6. The van der Waals surface area contributed by atoms with E-state index in [-0.39, 0.29) is 17.7 Å². The van der Waals surface area contributed by atoms with E-state index in [1.54, 1.807) is 0 Å². The van der Waals surface area contributed by atoms with Gasteiger partial charge in [0.05, 0.1) is 0 Å². The summed E-state index contributed by atoms with van der Waals surface area (Å²) in [6.07, 6.45) is 3.88. The molecule has 2 rings (SSSR count). The highest BCUT2D eigenvalue weighted by Gasteiger charge is 2.41. The highest BCUT2D eigenvalue weighted by atomic mass is 32.2. The number of nitrogens with zero attached hydrogens (tertiary/aromatic N) is 1. The first-order valence-corrected chi connectivity index (χ1v) is 6.83. The molecule has 6 heteroatoms. The second-order valence-corrected chi connectivity index (χ2v) is 5.83. The van der Waals surface area contributed by atoms with Gasteiger partial charge in [-0.3, -0.25) is 4.79 Å². The summed E-state index contributed by atoms with van der Waals surface area (Å²) in [5.41, 5.74) is 0. The van der Waals surface area contributed by atoms with E-state index >= 15 is 0 Å². The second kappa shape index (κ2) is 3.84. The van der Waals surface area contributed by atoms with E-state index in [1.165, 1.54) is 4.31 Å². The SMILES string of the molecule is NS(=O)(=O)N1CCCC1C1CCCC1=O. The van der Waals surface area contributed by atoms with Gasteiger partial charge in [-0.05, 0) is 25.7 Å². The maximum atomic E-state index is 11.6. The van der Waals surface area contributed by atoms with E-state index < -0.39 is 10.2 Å². The molecule has 0 aromatic rings. The largest absolute Gasteiger partial charge is 0.299 e. The molecule has 5 nitrogen and oxygen atoms in total. The molecule has 0 aromatic carbocycles. The van der Waals surface area contributed by atoms with Gasteiger partial charge in [0, 0.05) is 24.9 Å². The predicted molar refractivity (Wildman–Crippen MR) is 55.2 cm³/mol. The molecule has 2 atom stereocenters. The van der Waals surface area contributed by atoms with E-state index in [4.69, 9.17) is 5.14 Å². The lowest BCUT2D eigenvalue weighted by molar-refractivity contribution is -0.121. The molecule has 1 aliphatic carbocycles. The number of nitrogens with two attached hydrogens (primary N) is 1. The lowest BCUT2D eigenvalue weighted by Gasteiger charge is -2.25. The number of rotatable bonds is 2. The molecule has 0 spiro atoms. The third-order valence-corrected chi connectivity index (χ3v) is 4.50. The summed E-state index contributed by atoms with van der Waals surface area (Å²) >= 11 is 0. The zero-order chi connectivity index (χ0) is 11.1. The van der Waals surface area contributed by atoms with Crippen LogP contribution in [0.1, 0.15) is 32.1 Å². The van der Waals surface area contributed by atoms with Gasteiger partial charge in [-0.25, -0.2) is 5.14 Å². The summed E-state index contributed by atoms with van der Waals surface area (Å²) in [6, 6.07) is -0.171. The van der Waals surface area contributed by atoms with Crippen LogP contribution in [0.25, 0.3) is 0 Å². The van der Waals surface area contributed by atoms with Crippen molar-refractivity contribution in [1.29, 1.82) is 0 Å². The van der Waals surface area contributed by atoms with Gasteiger partial charge in [0.1, 0.15) is 5.78 Å². The monoisotopic (exact) mass is 232 g/mol. The summed E-state index contributed by atoms with van der Waals surface area (Å²) in [5.74, 6) is 0.0985. The quantitative estimate of drug-likeness (QED) is 0.729. The Morgan fingerprint density at radius 2 is 2.00 bits per heavy atom. The van der Waals surface area contributed by atoms with Crippen molar-refractivity contribution in [2.45, 2.75) is 38.1 Å². The third kappa shape index (κ3) is 2.07. The third-order valence-electron chi connectivity index (χ3n) is 3.39. The molecule has 2 fully saturated rings. The van der Waals surface area contributed by atoms with E-state index in [1.807, 2.05) is 0 Å². The second-order valence-electron chi connectivity index (χ2n) is 4.33. The molecular weight excluding hydrogens is 216 g/mol. The Bertz CT molecular complexity index is 366. The summed E-state index contributed by atoms with van der Waals surface area (Å²) < 4.78 is 23.9. The Balaban J connectivity index is 2.18. The molecule has 0 aromatic heterocycles. The molecule has 2 aliphatic rings. The van der Waals surface area contributed by atoms with Gasteiger partial charge in [-0.2, -0.15) is 12.7 Å². The molecule has 0 amide bonds. The lowest BCUT2D eigenvalue weighted by Crippen LogP contribution is -2.44. The van der Waals surface area contributed by atoms with Crippen LogP contribution in [0.4, 0.5) is 0 Å². The van der Waals surface area contributed by atoms with E-state index in [0.717, 1.165) is 25.7 Å². The standard InChI is InChI=1S/C9H16N2O3S/c10-15(13,14)11-6-2-4-8(11)7-3-1-5-9(7)12/h7-8H,1-6H2,(H2,10,13,14). The Morgan fingerprint density at radius 1 is 1.27 bits per heavy atom. The Labute approximate surface area is 89.8 Å². The number of hydrogen-bond donors (Lipinski definition) is 1. The molecule has 86 valence electrons. The minimum atomic E-state index is -3.63. The minimum Gasteiger partial charge on any atom is -0.299 e. The van der Waals surface area contributed by atoms with Crippen LogP contribution in [0.5, 0.6) is 0 Å². The van der Waals surface area contributed by atoms with Gasteiger partial charge in [-0.1, -0.05) is 0 Å². The van der Waals surface area contributed by atoms with Gasteiger partial charge in [0.2, 0.25) is 0 Å². The zero-order valence-electron chi connectivity index (χ0n) is 8.55. The van der Waals surface area contributed by atoms with Crippen LogP contribution in [0.3, 0.4) is 0 Å². The minimum absolute atomic E-state index is 0.106. The van der Waals surface area contributed by atoms with E-state index in [0.29, 0.717) is 13.0 Å². The van der Waals surface area contributed by atoms with Crippen LogP contribution in [-0.4, -0.2) is 31.1 Å². The predicted octanol–water partition coefficient (Wildman–Crippen LogP) is 0.0235. The normalized spacial score (nSPS) is 33.8. The summed E-state index contributed by atoms with van der Waals surface area (Å²) in [7, 11) is -3.63. The van der Waals surface area contributed by atoms with E-state index in [2.05, 4.69) is 0 Å². The first-order chi connectivity index (χ1) is 7.00. The van der Waals surface area contributed by atoms with Crippen LogP contribution in [0.2, 0.25) is 0 Å². The van der Waals surface area contributed by atoms with Crippen LogP contribution in [0.15, 0.2) is 0 Å². The highest BCUT2D eigenvalue weighted by Crippen LogP contribution is 2.33. The van der Waals surface area contributed by atoms with E-state index in [9.17, 15) is 13.2 Å². The smallest absolute Gasteiger partial charge is 0.277 e. The first kappa shape index (κ1) is 11.0. The molecule has 1 heterocycles. The summed E-state index contributed by atoms with van der Waals surface area (Å²) in [6.45, 7) is 0.466. The lowest BCUT2D eigenvalue weighted by atomic mass is 9.96. The van der Waals surface area contributed by atoms with Gasteiger partial charge >= 0.3 is 0 Å². The average molecular weight is 232 g/mol. The number of carbonyl (C=O) groups excluding carboxylic acids is 1. The van der Waals surface area contributed by atoms with Gasteiger partial charge < -0.3 is 0 Å². The Kier molecular flexibility index (Phi) is 2.83. The highest BCUT2D eigenvalue weighted by molar-refractivity contribution is 7.86. The number of Topliss-reactive ketones (excluding diaryl/α,β-unsaturated/α-hetero) is 1. The molecule has 15 heavy (non-hydrogen) atoms. The molecule has 1 aliphatic heterocycles. The zero-order valence-corrected chi connectivity index (χ0v) is 9.37. The number of carbonyl (C=O) groups is 1. The molecule has 0 radical (unpaired) electrons. The van der Waals surface area contributed by atoms with Crippen molar-refractivity contribution in [1.82, 2.24) is 4.31 Å². The fraction of sp³-hybridized carbons (Fsp3) is 0.889. The van der Waals surface area contributed by atoms with Crippen molar-refractivity contribution in [3.05, 3.63) is 0 Å². The average Bonchev–Trinajstić information content (AvgIpc) is 2.69. The molecule has 1 saturated carbocycles. The van der Waals surface area contributed by atoms with Crippen LogP contribution < -0.4 is 5.14 Å². The van der Waals surface area contributed by atoms with Gasteiger partial charge in [0.25, 0.3) is 10.2 Å². The molecule has 2 N–H and O–H groups in total. The van der Waals surface area contributed by atoms with Gasteiger partial charge in [-0.15, -0.1) is 0 Å². The molecular formula is C9H16N2O3S. The first-order valence-electron chi connectivity index (χ1n) is 5.32. The van der Waals surface area contributed by atoms with Crippen molar-refractivity contribution >= 4 is 16.0 Å². The van der Waals surface area contributed by atoms with Crippen LogP contribution in [-0.2, 0) is 15.0 Å². The summed E-state index contributed by atoms with van der Waals surface area (Å²) in [4.78, 5) is 11.6. The topological polar surface area (TPSA) is 80.5 Å². The Hall–Kier alpha value is -0.460. The molecule has 2 unspecified atom stereocenters. The van der Waals surface area contributed by atoms with Crippen LogP contribution >= 0.6 is 0 Å². The number of hydrogen-bond acceptors (Lipinski definition) is 3. The number of ketones is 1. The van der Waals surface area contributed by atoms with Crippen molar-refractivity contribution in [3.8, 4) is 0 Å². The van der Waals surface area contributed by atoms with Crippen LogP contribution in [0, 0.1) is 5.92 Å². The van der Waals surface area contributed by atoms with Crippen molar-refractivity contribution in [2.24, 2.45) is 11.1 Å². The Morgan fingerprint density at radius 3 is 2.53 bits per heavy atom. The van der Waals surface area contributed by atoms with Crippen molar-refractivity contribution in [3.63, 3.8) is 0 Å². The summed E-state index contributed by atoms with van der Waals surface area (Å²) in [5, 5.41) is 5.13. The maximum Gasteiger partial charge on any atom is 0.277 e. The van der Waals surface area contributed by atoms with Crippen molar-refractivity contribution in [2.75, 3.05) is 6.54 Å². The molecule has 0 bridgehead atoms. The van der Waals surface area contributed by atoms with Crippen molar-refractivity contribution < 1.29 is 13.2 Å².